The predicted molar refractivity (Wildman–Crippen MR) is 119 cm³/mol. The number of rotatable bonds is 4. The molecule has 160 valence electrons. The van der Waals surface area contributed by atoms with E-state index in [2.05, 4.69) is 15.2 Å². The Balaban J connectivity index is 0.00000205. The summed E-state index contributed by atoms with van der Waals surface area (Å²) in [5, 5.41) is 3.72. The fourth-order valence-electron chi connectivity index (χ4n) is 6.81. The van der Waals surface area contributed by atoms with Crippen molar-refractivity contribution in [2.45, 2.75) is 57.4 Å². The van der Waals surface area contributed by atoms with Crippen LogP contribution in [-0.4, -0.2) is 36.6 Å². The highest BCUT2D eigenvalue weighted by Crippen LogP contribution is 2.59. The number of hydrogen-bond donors (Lipinski definition) is 2. The standard InChI is InChI=1S/C22H31ClN4O.ClH/c23-19-18(1-4-25-20(19)27-5-2-17(24)3-6-27)21(28)26-13-22-10-14-7-15(11-22)9-16(8-14)12-22;/h1,4,14-17H,2-3,5-13,24H2,(H,26,28);1H. The molecule has 5 fully saturated rings. The summed E-state index contributed by atoms with van der Waals surface area (Å²) < 4.78 is 0. The molecule has 4 aliphatic carbocycles. The van der Waals surface area contributed by atoms with Gasteiger partial charge in [0, 0.05) is 31.9 Å². The summed E-state index contributed by atoms with van der Waals surface area (Å²) in [6, 6.07) is 2.00. The van der Waals surface area contributed by atoms with E-state index in [4.69, 9.17) is 17.3 Å². The lowest BCUT2D eigenvalue weighted by Gasteiger charge is -2.56. The topological polar surface area (TPSA) is 71.2 Å². The largest absolute Gasteiger partial charge is 0.355 e. The molecule has 5 nitrogen and oxygen atoms in total. The van der Waals surface area contributed by atoms with Gasteiger partial charge in [0.1, 0.15) is 5.82 Å². The van der Waals surface area contributed by atoms with Crippen LogP contribution in [0.15, 0.2) is 12.3 Å². The normalized spacial score (nSPS) is 33.4. The van der Waals surface area contributed by atoms with Crippen molar-refractivity contribution in [2.24, 2.45) is 28.9 Å². The second kappa shape index (κ2) is 8.24. The molecule has 0 aromatic carbocycles. The van der Waals surface area contributed by atoms with Gasteiger partial charge >= 0.3 is 0 Å². The Bertz CT molecular complexity index is 728. The number of carbonyl (C=O) groups is 1. The fourth-order valence-corrected chi connectivity index (χ4v) is 7.13. The Labute approximate surface area is 184 Å². The van der Waals surface area contributed by atoms with Gasteiger partial charge in [-0.1, -0.05) is 11.6 Å². The van der Waals surface area contributed by atoms with Crippen molar-refractivity contribution >= 4 is 35.7 Å². The average molecular weight is 439 g/mol. The second-order valence-corrected chi connectivity index (χ2v) is 10.3. The van der Waals surface area contributed by atoms with Gasteiger partial charge in [0.25, 0.3) is 5.91 Å². The fraction of sp³-hybridized carbons (Fsp3) is 0.727. The third kappa shape index (κ3) is 4.11. The number of carbonyl (C=O) groups excluding carboxylic acids is 1. The van der Waals surface area contributed by atoms with Crippen molar-refractivity contribution in [3.8, 4) is 0 Å². The molecule has 4 saturated carbocycles. The number of nitrogens with one attached hydrogen (secondary N) is 1. The lowest BCUT2D eigenvalue weighted by atomic mass is 9.49. The molecule has 1 amide bonds. The quantitative estimate of drug-likeness (QED) is 0.743. The number of amides is 1. The Morgan fingerprint density at radius 2 is 1.76 bits per heavy atom. The van der Waals surface area contributed by atoms with Gasteiger partial charge in [0.2, 0.25) is 0 Å². The van der Waals surface area contributed by atoms with Crippen LogP contribution >= 0.6 is 24.0 Å². The van der Waals surface area contributed by atoms with E-state index >= 15 is 0 Å². The third-order valence-corrected chi connectivity index (χ3v) is 8.12. The smallest absolute Gasteiger partial charge is 0.253 e. The zero-order valence-electron chi connectivity index (χ0n) is 16.9. The first kappa shape index (κ1) is 21.2. The van der Waals surface area contributed by atoms with Gasteiger partial charge in [-0.05, 0) is 80.6 Å². The van der Waals surface area contributed by atoms with Crippen LogP contribution in [0.2, 0.25) is 5.02 Å². The molecular formula is C22H32Cl2N4O. The number of nitrogens with two attached hydrogens (primary N) is 1. The summed E-state index contributed by atoms with van der Waals surface area (Å²) in [4.78, 5) is 19.6. The lowest BCUT2D eigenvalue weighted by molar-refractivity contribution is -0.0503. The van der Waals surface area contributed by atoms with E-state index in [0.29, 0.717) is 16.0 Å². The molecule has 0 radical (unpaired) electrons. The van der Waals surface area contributed by atoms with Crippen molar-refractivity contribution < 1.29 is 4.79 Å². The Hall–Kier alpha value is -1.04. The third-order valence-electron chi connectivity index (χ3n) is 7.74. The van der Waals surface area contributed by atoms with Gasteiger partial charge in [-0.25, -0.2) is 4.98 Å². The number of piperidine rings is 1. The number of pyridine rings is 1. The minimum Gasteiger partial charge on any atom is -0.355 e. The molecule has 1 aromatic heterocycles. The molecule has 3 N–H and O–H groups in total. The monoisotopic (exact) mass is 438 g/mol. The summed E-state index contributed by atoms with van der Waals surface area (Å²) in [7, 11) is 0. The van der Waals surface area contributed by atoms with Crippen molar-refractivity contribution in [1.29, 1.82) is 0 Å². The molecule has 1 aromatic rings. The van der Waals surface area contributed by atoms with Gasteiger partial charge in [-0.2, -0.15) is 0 Å². The Morgan fingerprint density at radius 1 is 1.17 bits per heavy atom. The molecular weight excluding hydrogens is 407 g/mol. The van der Waals surface area contributed by atoms with Crippen LogP contribution in [0.3, 0.4) is 0 Å². The number of halogens is 2. The maximum absolute atomic E-state index is 13.0. The van der Waals surface area contributed by atoms with Crippen LogP contribution in [-0.2, 0) is 0 Å². The van der Waals surface area contributed by atoms with Gasteiger partial charge < -0.3 is 16.0 Å². The molecule has 6 rings (SSSR count). The summed E-state index contributed by atoms with van der Waals surface area (Å²) in [6.07, 6.45) is 11.7. The first-order chi connectivity index (χ1) is 13.5. The molecule has 2 heterocycles. The van der Waals surface area contributed by atoms with Gasteiger partial charge in [-0.3, -0.25) is 4.79 Å². The molecule has 7 heteroatoms. The van der Waals surface area contributed by atoms with Crippen LogP contribution in [0.4, 0.5) is 5.82 Å². The summed E-state index contributed by atoms with van der Waals surface area (Å²) >= 11 is 6.63. The van der Waals surface area contributed by atoms with Crippen LogP contribution in [0.5, 0.6) is 0 Å². The van der Waals surface area contributed by atoms with Crippen molar-refractivity contribution in [1.82, 2.24) is 10.3 Å². The highest BCUT2D eigenvalue weighted by Gasteiger charge is 2.50. The number of aromatic nitrogens is 1. The molecule has 0 unspecified atom stereocenters. The molecule has 4 bridgehead atoms. The van der Waals surface area contributed by atoms with E-state index in [1.54, 1.807) is 12.3 Å². The van der Waals surface area contributed by atoms with Crippen LogP contribution in [0.1, 0.15) is 61.7 Å². The highest BCUT2D eigenvalue weighted by atomic mass is 35.5. The number of anilines is 1. The number of nitrogens with zero attached hydrogens (tertiary/aromatic N) is 2. The van der Waals surface area contributed by atoms with Gasteiger partial charge in [0.05, 0.1) is 10.6 Å². The molecule has 0 atom stereocenters. The summed E-state index contributed by atoms with van der Waals surface area (Å²) in [5.41, 5.74) is 6.89. The van der Waals surface area contributed by atoms with E-state index < -0.39 is 0 Å². The number of hydrogen-bond acceptors (Lipinski definition) is 4. The minimum atomic E-state index is -0.0573. The van der Waals surface area contributed by atoms with Gasteiger partial charge in [-0.15, -0.1) is 12.4 Å². The predicted octanol–water partition coefficient (Wildman–Crippen LogP) is 4.03. The second-order valence-electron chi connectivity index (χ2n) is 9.92. The van der Waals surface area contributed by atoms with E-state index in [1.807, 2.05) is 0 Å². The van der Waals surface area contributed by atoms with E-state index in [9.17, 15) is 4.79 Å². The maximum atomic E-state index is 13.0. The molecule has 1 saturated heterocycles. The van der Waals surface area contributed by atoms with Crippen molar-refractivity contribution in [2.75, 3.05) is 24.5 Å². The maximum Gasteiger partial charge on any atom is 0.253 e. The van der Waals surface area contributed by atoms with E-state index in [1.165, 1.54) is 38.5 Å². The van der Waals surface area contributed by atoms with Crippen LogP contribution in [0, 0.1) is 23.2 Å². The van der Waals surface area contributed by atoms with Gasteiger partial charge in [0.15, 0.2) is 0 Å². The summed E-state index contributed by atoms with van der Waals surface area (Å²) in [5.74, 6) is 3.34. The van der Waals surface area contributed by atoms with Crippen molar-refractivity contribution in [3.05, 3.63) is 22.8 Å². The zero-order valence-corrected chi connectivity index (χ0v) is 18.5. The first-order valence-electron chi connectivity index (χ1n) is 10.9. The highest BCUT2D eigenvalue weighted by molar-refractivity contribution is 6.36. The Kier molecular flexibility index (Phi) is 6.02. The average Bonchev–Trinajstić information content (AvgIpc) is 2.66. The molecule has 29 heavy (non-hydrogen) atoms. The molecule has 0 spiro atoms. The van der Waals surface area contributed by atoms with Crippen LogP contribution < -0.4 is 16.0 Å². The molecule has 5 aliphatic rings. The first-order valence-corrected chi connectivity index (χ1v) is 11.3. The van der Waals surface area contributed by atoms with Crippen LogP contribution in [0.25, 0.3) is 0 Å². The molecule has 1 aliphatic heterocycles. The van der Waals surface area contributed by atoms with E-state index in [-0.39, 0.29) is 24.4 Å². The Morgan fingerprint density at radius 3 is 2.34 bits per heavy atom. The lowest BCUT2D eigenvalue weighted by Crippen LogP contribution is -2.51. The minimum absolute atomic E-state index is 0. The summed E-state index contributed by atoms with van der Waals surface area (Å²) in [6.45, 7) is 2.47. The van der Waals surface area contributed by atoms with Crippen molar-refractivity contribution in [3.63, 3.8) is 0 Å². The zero-order chi connectivity index (χ0) is 19.3. The van der Waals surface area contributed by atoms with E-state index in [0.717, 1.165) is 56.0 Å². The SMILES string of the molecule is Cl.NC1CCN(c2nccc(C(=O)NCC34CC5CC(CC(C5)C3)C4)c2Cl)CC1.